The van der Waals surface area contributed by atoms with Gasteiger partial charge in [0, 0.05) is 43.5 Å². The summed E-state index contributed by atoms with van der Waals surface area (Å²) in [6.45, 7) is 1.30. The van der Waals surface area contributed by atoms with Gasteiger partial charge < -0.3 is 14.5 Å². The SMILES string of the molecule is COc1ccc(C(=O)N2CCN(C(=O)c3cc(Cc4n[nH]c(=O)c5ccccc45)ccc3F)CC2)cc1I. The van der Waals surface area contributed by atoms with Crippen LogP contribution in [0.15, 0.2) is 65.5 Å². The van der Waals surface area contributed by atoms with Gasteiger partial charge in [-0.1, -0.05) is 24.3 Å². The molecule has 5 rings (SSSR count). The van der Waals surface area contributed by atoms with Crippen molar-refractivity contribution in [2.45, 2.75) is 6.42 Å². The second-order valence-corrected chi connectivity index (χ2v) is 10.1. The van der Waals surface area contributed by atoms with Gasteiger partial charge >= 0.3 is 0 Å². The molecule has 0 bridgehead atoms. The lowest BCUT2D eigenvalue weighted by molar-refractivity contribution is 0.0532. The first-order valence-corrected chi connectivity index (χ1v) is 13.1. The van der Waals surface area contributed by atoms with Crippen LogP contribution in [0, 0.1) is 9.39 Å². The van der Waals surface area contributed by atoms with E-state index in [4.69, 9.17) is 4.74 Å². The molecule has 10 heteroatoms. The number of amides is 2. The normalized spacial score (nSPS) is 13.6. The smallest absolute Gasteiger partial charge is 0.272 e. The van der Waals surface area contributed by atoms with Crippen molar-refractivity contribution in [1.29, 1.82) is 0 Å². The van der Waals surface area contributed by atoms with Crippen LogP contribution in [0.2, 0.25) is 0 Å². The van der Waals surface area contributed by atoms with Gasteiger partial charge in [-0.2, -0.15) is 5.10 Å². The molecule has 1 saturated heterocycles. The third-order valence-corrected chi connectivity index (χ3v) is 7.50. The van der Waals surface area contributed by atoms with E-state index in [9.17, 15) is 18.8 Å². The topological polar surface area (TPSA) is 95.6 Å². The molecule has 1 fully saturated rings. The molecular formula is C28H24FIN4O4. The van der Waals surface area contributed by atoms with Gasteiger partial charge in [-0.15, -0.1) is 0 Å². The average Bonchev–Trinajstić information content (AvgIpc) is 2.95. The van der Waals surface area contributed by atoms with Crippen molar-refractivity contribution >= 4 is 45.2 Å². The summed E-state index contributed by atoms with van der Waals surface area (Å²) in [6, 6.07) is 16.8. The van der Waals surface area contributed by atoms with Gasteiger partial charge in [-0.3, -0.25) is 14.4 Å². The molecule has 1 aliphatic rings. The van der Waals surface area contributed by atoms with Crippen molar-refractivity contribution in [3.8, 4) is 5.75 Å². The van der Waals surface area contributed by atoms with Crippen LogP contribution < -0.4 is 10.3 Å². The number of nitrogens with one attached hydrogen (secondary N) is 1. The number of rotatable bonds is 5. The molecule has 3 aromatic carbocycles. The standard InChI is InChI=1S/C28H24FIN4O4/c1-38-25-9-7-18(16-23(25)30)27(36)33-10-12-34(13-11-33)28(37)21-14-17(6-8-22(21)29)15-24-19-4-2-3-5-20(19)26(35)32-31-24/h2-9,14,16H,10-13,15H2,1H3,(H,32,35). The first-order chi connectivity index (χ1) is 18.4. The van der Waals surface area contributed by atoms with E-state index in [1.165, 1.54) is 12.1 Å². The number of aromatic amines is 1. The zero-order valence-electron chi connectivity index (χ0n) is 20.5. The summed E-state index contributed by atoms with van der Waals surface area (Å²) in [5.41, 5.74) is 1.57. The number of H-pyrrole nitrogens is 1. The quantitative estimate of drug-likeness (QED) is 0.340. The lowest BCUT2D eigenvalue weighted by Crippen LogP contribution is -2.50. The first kappa shape index (κ1) is 25.8. The van der Waals surface area contributed by atoms with E-state index < -0.39 is 11.7 Å². The highest BCUT2D eigenvalue weighted by molar-refractivity contribution is 14.1. The Hall–Kier alpha value is -3.80. The zero-order valence-corrected chi connectivity index (χ0v) is 22.7. The van der Waals surface area contributed by atoms with Gasteiger partial charge in [0.05, 0.1) is 27.3 Å². The van der Waals surface area contributed by atoms with Gasteiger partial charge in [-0.25, -0.2) is 9.49 Å². The highest BCUT2D eigenvalue weighted by Crippen LogP contribution is 2.23. The minimum atomic E-state index is -0.607. The first-order valence-electron chi connectivity index (χ1n) is 12.0. The molecule has 2 heterocycles. The molecule has 0 spiro atoms. The highest BCUT2D eigenvalue weighted by atomic mass is 127. The van der Waals surface area contributed by atoms with Crippen LogP contribution in [-0.2, 0) is 6.42 Å². The fourth-order valence-corrected chi connectivity index (χ4v) is 5.35. The number of benzene rings is 3. The molecule has 0 unspecified atom stereocenters. The maximum Gasteiger partial charge on any atom is 0.272 e. The molecule has 0 aliphatic carbocycles. The molecule has 1 aliphatic heterocycles. The Morgan fingerprint density at radius 2 is 1.66 bits per heavy atom. The third kappa shape index (κ3) is 5.13. The van der Waals surface area contributed by atoms with E-state index in [1.807, 2.05) is 12.1 Å². The second kappa shape index (κ2) is 10.9. The summed E-state index contributed by atoms with van der Waals surface area (Å²) >= 11 is 2.12. The summed E-state index contributed by atoms with van der Waals surface area (Å²) in [5.74, 6) is -0.447. The predicted molar refractivity (Wildman–Crippen MR) is 149 cm³/mol. The Kier molecular flexibility index (Phi) is 7.41. The third-order valence-electron chi connectivity index (χ3n) is 6.66. The Morgan fingerprint density at radius 1 is 0.974 bits per heavy atom. The minimum Gasteiger partial charge on any atom is -0.496 e. The molecule has 38 heavy (non-hydrogen) atoms. The fourth-order valence-electron chi connectivity index (χ4n) is 4.61. The van der Waals surface area contributed by atoms with Crippen LogP contribution in [0.3, 0.4) is 0 Å². The monoisotopic (exact) mass is 626 g/mol. The summed E-state index contributed by atoms with van der Waals surface area (Å²) in [5, 5.41) is 7.92. The van der Waals surface area contributed by atoms with Crippen LogP contribution >= 0.6 is 22.6 Å². The molecular weight excluding hydrogens is 602 g/mol. The number of carbonyl (C=O) groups is 2. The molecule has 0 radical (unpaired) electrons. The minimum absolute atomic E-state index is 0.0271. The number of nitrogens with zero attached hydrogens (tertiary/aromatic N) is 3. The van der Waals surface area contributed by atoms with Crippen LogP contribution in [0.1, 0.15) is 32.0 Å². The highest BCUT2D eigenvalue weighted by Gasteiger charge is 2.27. The lowest BCUT2D eigenvalue weighted by atomic mass is 10.0. The van der Waals surface area contributed by atoms with Crippen molar-refractivity contribution < 1.29 is 18.7 Å². The number of halogens is 2. The van der Waals surface area contributed by atoms with Gasteiger partial charge in [-0.05, 0) is 64.6 Å². The molecule has 8 nitrogen and oxygen atoms in total. The number of hydrogen-bond donors (Lipinski definition) is 1. The van der Waals surface area contributed by atoms with Crippen molar-refractivity contribution in [3.63, 3.8) is 0 Å². The number of piperazine rings is 1. The van der Waals surface area contributed by atoms with Crippen molar-refractivity contribution in [2.24, 2.45) is 0 Å². The maximum atomic E-state index is 14.8. The van der Waals surface area contributed by atoms with Crippen LogP contribution in [0.5, 0.6) is 5.75 Å². The van der Waals surface area contributed by atoms with Gasteiger partial charge in [0.2, 0.25) is 0 Å². The molecule has 4 aromatic rings. The summed E-state index contributed by atoms with van der Waals surface area (Å²) in [6.07, 6.45) is 0.320. The van der Waals surface area contributed by atoms with Crippen molar-refractivity contribution in [1.82, 2.24) is 20.0 Å². The van der Waals surface area contributed by atoms with Crippen molar-refractivity contribution in [2.75, 3.05) is 33.3 Å². The zero-order chi connectivity index (χ0) is 26.8. The summed E-state index contributed by atoms with van der Waals surface area (Å²) < 4.78 is 20.9. The molecule has 0 saturated carbocycles. The summed E-state index contributed by atoms with van der Waals surface area (Å²) in [7, 11) is 1.58. The Bertz CT molecular complexity index is 1600. The van der Waals surface area contributed by atoms with E-state index in [0.717, 1.165) is 3.57 Å². The van der Waals surface area contributed by atoms with Gasteiger partial charge in [0.1, 0.15) is 11.6 Å². The number of carbonyl (C=O) groups excluding carboxylic acids is 2. The molecule has 2 amide bonds. The molecule has 1 N–H and O–H groups in total. The van der Waals surface area contributed by atoms with Crippen molar-refractivity contribution in [3.05, 3.63) is 103 Å². The molecule has 194 valence electrons. The fraction of sp³-hybridized carbons (Fsp3) is 0.214. The van der Waals surface area contributed by atoms with E-state index in [-0.39, 0.29) is 17.0 Å². The number of ether oxygens (including phenoxy) is 1. The van der Waals surface area contributed by atoms with E-state index in [1.54, 1.807) is 53.3 Å². The number of hydrogen-bond acceptors (Lipinski definition) is 5. The van der Waals surface area contributed by atoms with E-state index in [2.05, 4.69) is 32.8 Å². The lowest BCUT2D eigenvalue weighted by Gasteiger charge is -2.35. The van der Waals surface area contributed by atoms with Gasteiger partial charge in [0.15, 0.2) is 0 Å². The second-order valence-electron chi connectivity index (χ2n) is 8.97. The summed E-state index contributed by atoms with van der Waals surface area (Å²) in [4.78, 5) is 41.6. The van der Waals surface area contributed by atoms with Crippen LogP contribution in [-0.4, -0.2) is 65.1 Å². The number of methoxy groups -OCH3 is 1. The Morgan fingerprint density at radius 3 is 2.34 bits per heavy atom. The van der Waals surface area contributed by atoms with Crippen LogP contribution in [0.4, 0.5) is 4.39 Å². The van der Waals surface area contributed by atoms with E-state index in [0.29, 0.717) is 65.9 Å². The Balaban J connectivity index is 1.29. The number of aromatic nitrogens is 2. The van der Waals surface area contributed by atoms with Crippen LogP contribution in [0.25, 0.3) is 10.8 Å². The number of fused-ring (bicyclic) bond motifs is 1. The predicted octanol–water partition coefficient (Wildman–Crippen LogP) is 3.86. The molecule has 1 aromatic heterocycles. The maximum absolute atomic E-state index is 14.8. The molecule has 0 atom stereocenters. The van der Waals surface area contributed by atoms with E-state index >= 15 is 0 Å². The Labute approximate surface area is 231 Å². The largest absolute Gasteiger partial charge is 0.496 e. The van der Waals surface area contributed by atoms with Gasteiger partial charge in [0.25, 0.3) is 17.4 Å². The average molecular weight is 626 g/mol.